The van der Waals surface area contributed by atoms with Crippen LogP contribution in [0, 0.1) is 9.85 Å². The van der Waals surface area contributed by atoms with E-state index in [1.807, 2.05) is 28.7 Å². The van der Waals surface area contributed by atoms with Gasteiger partial charge >= 0.3 is 12.1 Å². The highest BCUT2D eigenvalue weighted by molar-refractivity contribution is 14.1. The van der Waals surface area contributed by atoms with Gasteiger partial charge in [-0.1, -0.05) is 24.1 Å². The zero-order valence-electron chi connectivity index (χ0n) is 9.39. The van der Waals surface area contributed by atoms with Crippen molar-refractivity contribution in [1.82, 2.24) is 0 Å². The number of rotatable bonds is 3. The Kier molecular flexibility index (Phi) is 9.40. The Labute approximate surface area is 118 Å². The summed E-state index contributed by atoms with van der Waals surface area (Å²) in [6.45, 7) is 0. The molecule has 0 aliphatic rings. The number of aliphatic carboxylic acids is 1. The van der Waals surface area contributed by atoms with Gasteiger partial charge in [-0.05, 0) is 16.1 Å². The van der Waals surface area contributed by atoms with Crippen molar-refractivity contribution >= 4 is 40.3 Å². The SMILES string of the molecule is O=C(O)CCC#CI.O=C(O)Nc1ccccc1. The summed E-state index contributed by atoms with van der Waals surface area (Å²) in [5.41, 5.74) is 0.593. The molecule has 1 aromatic rings. The van der Waals surface area contributed by atoms with Crippen molar-refractivity contribution in [2.75, 3.05) is 5.32 Å². The summed E-state index contributed by atoms with van der Waals surface area (Å²) in [6, 6.07) is 8.74. The van der Waals surface area contributed by atoms with E-state index < -0.39 is 12.1 Å². The van der Waals surface area contributed by atoms with Crippen molar-refractivity contribution in [3.63, 3.8) is 0 Å². The second-order valence-electron chi connectivity index (χ2n) is 2.96. The maximum atomic E-state index is 10.1. The van der Waals surface area contributed by atoms with Crippen molar-refractivity contribution < 1.29 is 19.8 Å². The summed E-state index contributed by atoms with van der Waals surface area (Å²) in [5.74, 6) is 1.85. The van der Waals surface area contributed by atoms with Gasteiger partial charge in [0.05, 0.1) is 6.42 Å². The maximum absolute atomic E-state index is 10.1. The molecule has 0 bridgehead atoms. The van der Waals surface area contributed by atoms with Gasteiger partial charge in [0, 0.05) is 34.7 Å². The first kappa shape index (κ1) is 16.2. The van der Waals surface area contributed by atoms with Crippen LogP contribution in [0.4, 0.5) is 10.5 Å². The fourth-order valence-electron chi connectivity index (χ4n) is 0.862. The monoisotopic (exact) mass is 361 g/mol. The molecule has 0 unspecified atom stereocenters. The van der Waals surface area contributed by atoms with Gasteiger partial charge in [-0.25, -0.2) is 4.79 Å². The molecule has 1 amide bonds. The van der Waals surface area contributed by atoms with E-state index in [9.17, 15) is 9.59 Å². The highest BCUT2D eigenvalue weighted by Crippen LogP contribution is 2.03. The Morgan fingerprint density at radius 3 is 2.28 bits per heavy atom. The number of hydrogen-bond acceptors (Lipinski definition) is 2. The number of halogens is 1. The molecule has 0 heterocycles. The molecule has 0 spiro atoms. The molecule has 0 aliphatic heterocycles. The van der Waals surface area contributed by atoms with Crippen LogP contribution in [0.15, 0.2) is 30.3 Å². The third-order valence-electron chi connectivity index (χ3n) is 1.56. The number of carboxylic acids is 1. The van der Waals surface area contributed by atoms with Crippen LogP contribution in [0.25, 0.3) is 0 Å². The molecule has 18 heavy (non-hydrogen) atoms. The van der Waals surface area contributed by atoms with Gasteiger partial charge in [-0.3, -0.25) is 10.1 Å². The lowest BCUT2D eigenvalue weighted by atomic mass is 10.3. The Morgan fingerprint density at radius 2 is 1.83 bits per heavy atom. The van der Waals surface area contributed by atoms with E-state index in [0.717, 1.165) is 0 Å². The van der Waals surface area contributed by atoms with Crippen LogP contribution < -0.4 is 5.32 Å². The molecule has 0 atom stereocenters. The van der Waals surface area contributed by atoms with Crippen molar-refractivity contribution in [3.8, 4) is 9.85 Å². The van der Waals surface area contributed by atoms with E-state index in [-0.39, 0.29) is 6.42 Å². The average Bonchev–Trinajstić information content (AvgIpc) is 2.30. The summed E-state index contributed by atoms with van der Waals surface area (Å²) >= 11 is 1.88. The third-order valence-corrected chi connectivity index (χ3v) is 1.94. The van der Waals surface area contributed by atoms with E-state index in [2.05, 4.69) is 15.2 Å². The summed E-state index contributed by atoms with van der Waals surface area (Å²) in [7, 11) is 0. The van der Waals surface area contributed by atoms with E-state index in [4.69, 9.17) is 10.2 Å². The number of hydrogen-bond donors (Lipinski definition) is 3. The molecule has 0 saturated carbocycles. The van der Waals surface area contributed by atoms with Crippen LogP contribution in [0.2, 0.25) is 0 Å². The summed E-state index contributed by atoms with van der Waals surface area (Å²) in [5, 5.41) is 18.5. The predicted octanol–water partition coefficient (Wildman–Crippen LogP) is 3.02. The molecule has 6 heteroatoms. The quantitative estimate of drug-likeness (QED) is 0.571. The zero-order valence-corrected chi connectivity index (χ0v) is 11.5. The molecular weight excluding hydrogens is 349 g/mol. The minimum atomic E-state index is -1.04. The van der Waals surface area contributed by atoms with Gasteiger partial charge in [-0.2, -0.15) is 0 Å². The number of amides is 1. The number of carboxylic acid groups (broad SMARTS) is 2. The number of nitrogens with one attached hydrogen (secondary N) is 1. The molecule has 0 radical (unpaired) electrons. The van der Waals surface area contributed by atoms with Gasteiger partial charge in [0.25, 0.3) is 0 Å². The minimum Gasteiger partial charge on any atom is -0.481 e. The van der Waals surface area contributed by atoms with E-state index in [0.29, 0.717) is 12.1 Å². The van der Waals surface area contributed by atoms with Crippen LogP contribution >= 0.6 is 22.6 Å². The molecular formula is C12H12INO4. The lowest BCUT2D eigenvalue weighted by Crippen LogP contribution is -2.06. The molecule has 0 saturated heterocycles. The first-order valence-electron chi connectivity index (χ1n) is 4.91. The number of para-hydroxylation sites is 1. The summed E-state index contributed by atoms with van der Waals surface area (Å²) < 4.78 is 2.58. The number of anilines is 1. The van der Waals surface area contributed by atoms with E-state index in [1.165, 1.54) is 0 Å². The van der Waals surface area contributed by atoms with Gasteiger partial charge in [0.15, 0.2) is 0 Å². The molecule has 1 rings (SSSR count). The Hall–Kier alpha value is -1.75. The molecule has 0 fully saturated rings. The molecule has 5 nitrogen and oxygen atoms in total. The summed E-state index contributed by atoms with van der Waals surface area (Å²) in [4.78, 5) is 19.9. The Morgan fingerprint density at radius 1 is 1.22 bits per heavy atom. The molecule has 0 aliphatic carbocycles. The second kappa shape index (κ2) is 10.4. The van der Waals surface area contributed by atoms with E-state index >= 15 is 0 Å². The molecule has 1 aromatic carbocycles. The normalized spacial score (nSPS) is 8.06. The van der Waals surface area contributed by atoms with E-state index in [1.54, 1.807) is 24.3 Å². The Balaban J connectivity index is 0.000000331. The van der Waals surface area contributed by atoms with Crippen LogP contribution in [0.5, 0.6) is 0 Å². The zero-order chi connectivity index (χ0) is 13.8. The standard InChI is InChI=1S/C7H7NO2.C5H5IO2/c9-7(10)8-6-4-2-1-3-5-6;6-4-2-1-3-5(7)8/h1-5,8H,(H,9,10);1,3H2,(H,7,8). The minimum absolute atomic E-state index is 0.149. The van der Waals surface area contributed by atoms with Crippen LogP contribution in [0.1, 0.15) is 12.8 Å². The number of carbonyl (C=O) groups is 2. The van der Waals surface area contributed by atoms with Crippen molar-refractivity contribution in [2.24, 2.45) is 0 Å². The molecule has 96 valence electrons. The van der Waals surface area contributed by atoms with Crippen molar-refractivity contribution in [3.05, 3.63) is 30.3 Å². The fourth-order valence-corrected chi connectivity index (χ4v) is 1.13. The van der Waals surface area contributed by atoms with Gasteiger partial charge in [0.2, 0.25) is 0 Å². The van der Waals surface area contributed by atoms with Crippen LogP contribution in [0.3, 0.4) is 0 Å². The molecule has 3 N–H and O–H groups in total. The van der Waals surface area contributed by atoms with Gasteiger partial charge < -0.3 is 10.2 Å². The largest absolute Gasteiger partial charge is 0.481 e. The smallest absolute Gasteiger partial charge is 0.409 e. The topological polar surface area (TPSA) is 86.6 Å². The van der Waals surface area contributed by atoms with Crippen molar-refractivity contribution in [2.45, 2.75) is 12.8 Å². The van der Waals surface area contributed by atoms with Crippen LogP contribution in [-0.2, 0) is 4.79 Å². The lowest BCUT2D eigenvalue weighted by Gasteiger charge is -1.96. The first-order valence-corrected chi connectivity index (χ1v) is 5.99. The fraction of sp³-hybridized carbons (Fsp3) is 0.167. The third kappa shape index (κ3) is 10.8. The average molecular weight is 361 g/mol. The first-order chi connectivity index (χ1) is 8.56. The highest BCUT2D eigenvalue weighted by atomic mass is 127. The van der Waals surface area contributed by atoms with Crippen molar-refractivity contribution in [1.29, 1.82) is 0 Å². The maximum Gasteiger partial charge on any atom is 0.409 e. The Bertz CT molecular complexity index is 436. The van der Waals surface area contributed by atoms with Gasteiger partial charge in [-0.15, -0.1) is 0 Å². The predicted molar refractivity (Wildman–Crippen MR) is 76.8 cm³/mol. The highest BCUT2D eigenvalue weighted by Gasteiger charge is 1.93. The lowest BCUT2D eigenvalue weighted by molar-refractivity contribution is -0.136. The van der Waals surface area contributed by atoms with Gasteiger partial charge in [0.1, 0.15) is 0 Å². The number of benzene rings is 1. The molecule has 0 aromatic heterocycles. The summed E-state index contributed by atoms with van der Waals surface area (Å²) in [6.07, 6.45) is -0.430. The second-order valence-corrected chi connectivity index (χ2v) is 3.50. The van der Waals surface area contributed by atoms with Crippen LogP contribution in [-0.4, -0.2) is 22.3 Å².